The summed E-state index contributed by atoms with van der Waals surface area (Å²) in [6.07, 6.45) is 41.1. The van der Waals surface area contributed by atoms with Gasteiger partial charge in [-0.3, -0.25) is 4.79 Å². The zero-order chi connectivity index (χ0) is 36.0. The van der Waals surface area contributed by atoms with Crippen molar-refractivity contribution in [1.29, 1.82) is 0 Å². The first-order chi connectivity index (χ1) is 24.0. The molecule has 0 radical (unpaired) electrons. The van der Waals surface area contributed by atoms with E-state index in [2.05, 4.69) is 31.3 Å². The highest BCUT2D eigenvalue weighted by Gasteiger charge is 2.28. The Labute approximate surface area is 304 Å². The lowest BCUT2D eigenvalue weighted by Crippen LogP contribution is -2.53. The Bertz CT molecular complexity index is 702. The SMILES string of the molecule is CCCC/C=C\CCCCCCC(O)C(=O)NC(CO)C(O)C(O)CCCCCCCCCCCCCCCCCCCCCCCCC. The molecule has 5 N–H and O–H groups in total. The lowest BCUT2D eigenvalue weighted by Gasteiger charge is -2.27. The summed E-state index contributed by atoms with van der Waals surface area (Å²) >= 11 is 0. The van der Waals surface area contributed by atoms with E-state index in [1.165, 1.54) is 141 Å². The number of carbonyl (C=O) groups is 1. The number of hydrogen-bond acceptors (Lipinski definition) is 5. The molecule has 0 aromatic rings. The van der Waals surface area contributed by atoms with Crippen molar-refractivity contribution in [3.8, 4) is 0 Å². The van der Waals surface area contributed by atoms with Gasteiger partial charge in [-0.25, -0.2) is 0 Å². The molecule has 4 atom stereocenters. The third kappa shape index (κ3) is 32.7. The smallest absolute Gasteiger partial charge is 0.249 e. The molecular weight excluding hydrogens is 610 g/mol. The monoisotopic (exact) mass is 696 g/mol. The summed E-state index contributed by atoms with van der Waals surface area (Å²) in [6.45, 7) is 4.00. The predicted octanol–water partition coefficient (Wildman–Crippen LogP) is 11.0. The number of unbranched alkanes of at least 4 members (excludes halogenated alkanes) is 28. The highest BCUT2D eigenvalue weighted by atomic mass is 16.3. The van der Waals surface area contributed by atoms with Crippen LogP contribution in [0.25, 0.3) is 0 Å². The molecule has 1 amide bonds. The standard InChI is InChI=1S/C43H85NO5/c1-3-5-7-9-11-13-15-16-17-18-19-20-21-22-23-24-25-26-27-29-30-32-34-36-40(46)42(48)39(38-45)44-43(49)41(47)37-35-33-31-28-14-12-10-8-6-4-2/h10,12,39-42,45-48H,3-9,11,13-38H2,1-2H3,(H,44,49)/b12-10-. The predicted molar refractivity (Wildman–Crippen MR) is 210 cm³/mol. The van der Waals surface area contributed by atoms with Crippen molar-refractivity contribution in [3.63, 3.8) is 0 Å². The molecule has 49 heavy (non-hydrogen) atoms. The molecule has 4 unspecified atom stereocenters. The minimum absolute atomic E-state index is 0.356. The molecule has 0 saturated carbocycles. The fraction of sp³-hybridized carbons (Fsp3) is 0.930. The van der Waals surface area contributed by atoms with Crippen LogP contribution in [-0.2, 0) is 4.79 Å². The lowest BCUT2D eigenvalue weighted by molar-refractivity contribution is -0.132. The Balaban J connectivity index is 3.65. The number of carbonyl (C=O) groups excluding carboxylic acids is 1. The summed E-state index contributed by atoms with van der Waals surface area (Å²) in [6, 6.07) is -0.985. The van der Waals surface area contributed by atoms with Gasteiger partial charge in [0.25, 0.3) is 0 Å². The van der Waals surface area contributed by atoms with Crippen molar-refractivity contribution in [3.05, 3.63) is 12.2 Å². The number of amides is 1. The quantitative estimate of drug-likeness (QED) is 0.0325. The first kappa shape index (κ1) is 48.0. The first-order valence-corrected chi connectivity index (χ1v) is 21.6. The van der Waals surface area contributed by atoms with Crippen LogP contribution in [0.2, 0.25) is 0 Å². The molecule has 292 valence electrons. The van der Waals surface area contributed by atoms with Crippen LogP contribution in [0.1, 0.15) is 226 Å². The van der Waals surface area contributed by atoms with Gasteiger partial charge >= 0.3 is 0 Å². The lowest BCUT2D eigenvalue weighted by atomic mass is 9.99. The molecule has 0 rings (SSSR count). The molecule has 0 spiro atoms. The fourth-order valence-corrected chi connectivity index (χ4v) is 6.74. The molecule has 0 aromatic heterocycles. The van der Waals surface area contributed by atoms with Gasteiger partial charge in [-0.2, -0.15) is 0 Å². The van der Waals surface area contributed by atoms with Gasteiger partial charge in [0, 0.05) is 0 Å². The third-order valence-electron chi connectivity index (χ3n) is 10.2. The van der Waals surface area contributed by atoms with Crippen molar-refractivity contribution in [2.24, 2.45) is 0 Å². The average molecular weight is 696 g/mol. The summed E-state index contributed by atoms with van der Waals surface area (Å²) in [7, 11) is 0. The van der Waals surface area contributed by atoms with Crippen molar-refractivity contribution in [2.75, 3.05) is 6.61 Å². The Hall–Kier alpha value is -0.950. The highest BCUT2D eigenvalue weighted by Crippen LogP contribution is 2.17. The van der Waals surface area contributed by atoms with Gasteiger partial charge in [-0.1, -0.05) is 206 Å². The molecule has 0 bridgehead atoms. The molecule has 0 heterocycles. The maximum atomic E-state index is 12.4. The number of nitrogens with one attached hydrogen (secondary N) is 1. The average Bonchev–Trinajstić information content (AvgIpc) is 3.11. The van der Waals surface area contributed by atoms with Crippen LogP contribution >= 0.6 is 0 Å². The zero-order valence-corrected chi connectivity index (χ0v) is 32.7. The van der Waals surface area contributed by atoms with Crippen LogP contribution < -0.4 is 5.32 Å². The second-order valence-corrected chi connectivity index (χ2v) is 15.0. The van der Waals surface area contributed by atoms with Gasteiger partial charge in [0.15, 0.2) is 0 Å². The summed E-state index contributed by atoms with van der Waals surface area (Å²) in [5, 5.41) is 43.5. The third-order valence-corrected chi connectivity index (χ3v) is 10.2. The van der Waals surface area contributed by atoms with Crippen molar-refractivity contribution in [1.82, 2.24) is 5.32 Å². The van der Waals surface area contributed by atoms with E-state index in [4.69, 9.17) is 0 Å². The van der Waals surface area contributed by atoms with E-state index in [1.54, 1.807) is 0 Å². The molecule has 0 fully saturated rings. The molecule has 0 aliphatic heterocycles. The largest absolute Gasteiger partial charge is 0.394 e. The molecule has 0 aromatic carbocycles. The van der Waals surface area contributed by atoms with Gasteiger partial charge in [0.2, 0.25) is 5.91 Å². The molecule has 0 aliphatic rings. The van der Waals surface area contributed by atoms with E-state index in [0.717, 1.165) is 57.8 Å². The van der Waals surface area contributed by atoms with E-state index in [9.17, 15) is 25.2 Å². The molecule has 6 heteroatoms. The number of aliphatic hydroxyl groups is 4. The normalized spacial score (nSPS) is 14.3. The highest BCUT2D eigenvalue weighted by molar-refractivity contribution is 5.80. The van der Waals surface area contributed by atoms with Crippen molar-refractivity contribution < 1.29 is 25.2 Å². The van der Waals surface area contributed by atoms with E-state index in [1.807, 2.05) is 0 Å². The minimum Gasteiger partial charge on any atom is -0.394 e. The van der Waals surface area contributed by atoms with Crippen LogP contribution in [0.15, 0.2) is 12.2 Å². The summed E-state index contributed by atoms with van der Waals surface area (Å²) in [5.41, 5.74) is 0. The number of hydrogen-bond donors (Lipinski definition) is 5. The zero-order valence-electron chi connectivity index (χ0n) is 32.7. The van der Waals surface area contributed by atoms with E-state index < -0.39 is 36.9 Å². The van der Waals surface area contributed by atoms with Crippen molar-refractivity contribution in [2.45, 2.75) is 250 Å². The summed E-state index contributed by atoms with van der Waals surface area (Å²) in [5.74, 6) is -0.594. The van der Waals surface area contributed by atoms with E-state index in [-0.39, 0.29) is 0 Å². The Morgan fingerprint density at radius 1 is 0.490 bits per heavy atom. The van der Waals surface area contributed by atoms with Crippen LogP contribution in [0, 0.1) is 0 Å². The van der Waals surface area contributed by atoms with Gasteiger partial charge in [-0.15, -0.1) is 0 Å². The second-order valence-electron chi connectivity index (χ2n) is 15.0. The first-order valence-electron chi connectivity index (χ1n) is 21.6. The number of aliphatic hydroxyl groups excluding tert-OH is 4. The fourth-order valence-electron chi connectivity index (χ4n) is 6.74. The Morgan fingerprint density at radius 3 is 1.24 bits per heavy atom. The molecule has 0 saturated heterocycles. The maximum Gasteiger partial charge on any atom is 0.249 e. The van der Waals surface area contributed by atoms with Gasteiger partial charge in [0.05, 0.1) is 18.8 Å². The number of allylic oxidation sites excluding steroid dienone is 2. The van der Waals surface area contributed by atoms with E-state index >= 15 is 0 Å². The van der Waals surface area contributed by atoms with Crippen LogP contribution in [0.5, 0.6) is 0 Å². The Morgan fingerprint density at radius 2 is 0.837 bits per heavy atom. The topological polar surface area (TPSA) is 110 Å². The second kappa shape index (κ2) is 38.3. The summed E-state index contributed by atoms with van der Waals surface area (Å²) in [4.78, 5) is 12.4. The Kier molecular flexibility index (Phi) is 37.5. The van der Waals surface area contributed by atoms with Crippen LogP contribution in [-0.4, -0.2) is 57.3 Å². The van der Waals surface area contributed by atoms with Crippen LogP contribution in [0.4, 0.5) is 0 Å². The number of rotatable bonds is 39. The van der Waals surface area contributed by atoms with E-state index in [0.29, 0.717) is 12.8 Å². The van der Waals surface area contributed by atoms with Gasteiger partial charge in [0.1, 0.15) is 12.2 Å². The molecular formula is C43H85NO5. The maximum absolute atomic E-state index is 12.4. The molecule has 0 aliphatic carbocycles. The van der Waals surface area contributed by atoms with Gasteiger partial charge in [-0.05, 0) is 32.1 Å². The minimum atomic E-state index is -1.26. The van der Waals surface area contributed by atoms with Crippen molar-refractivity contribution >= 4 is 5.91 Å². The summed E-state index contributed by atoms with van der Waals surface area (Å²) < 4.78 is 0. The van der Waals surface area contributed by atoms with Crippen LogP contribution in [0.3, 0.4) is 0 Å². The van der Waals surface area contributed by atoms with Gasteiger partial charge < -0.3 is 25.7 Å². The molecule has 6 nitrogen and oxygen atoms in total.